The molecule has 0 aromatic rings. The molecule has 0 heterocycles. The average molecular weight is 295 g/mol. The molecule has 0 fully saturated rings. The van der Waals surface area contributed by atoms with Crippen molar-refractivity contribution in [3.05, 3.63) is 22.3 Å². The number of hydrogen-bond acceptors (Lipinski definition) is 1. The third-order valence-electron chi connectivity index (χ3n) is 1.71. The first-order valence-electron chi connectivity index (χ1n) is 4.06. The zero-order chi connectivity index (χ0) is 9.78. The van der Waals surface area contributed by atoms with Crippen LogP contribution in [0.4, 0.5) is 0 Å². The van der Waals surface area contributed by atoms with Crippen molar-refractivity contribution in [1.29, 1.82) is 0 Å². The maximum absolute atomic E-state index is 9.41. The van der Waals surface area contributed by atoms with Gasteiger partial charge in [-0.05, 0) is 0 Å². The van der Waals surface area contributed by atoms with Crippen molar-refractivity contribution in [3.63, 3.8) is 0 Å². The van der Waals surface area contributed by atoms with Gasteiger partial charge in [-0.15, -0.1) is 0 Å². The summed E-state index contributed by atoms with van der Waals surface area (Å²) in [5.41, 5.74) is 0. The van der Waals surface area contributed by atoms with Crippen molar-refractivity contribution in [2.24, 2.45) is 0 Å². The number of allylic oxidation sites excluding steroid dienone is 1. The van der Waals surface area contributed by atoms with E-state index in [0.29, 0.717) is 6.42 Å². The summed E-state index contributed by atoms with van der Waals surface area (Å²) in [6.45, 7) is 5.81. The van der Waals surface area contributed by atoms with E-state index in [1.54, 1.807) is 6.08 Å². The van der Waals surface area contributed by atoms with Gasteiger partial charge in [-0.2, -0.15) is 0 Å². The van der Waals surface area contributed by atoms with Crippen LogP contribution in [0.15, 0.2) is 22.3 Å². The molecule has 0 aromatic heterocycles. The number of rotatable bonds is 4. The first-order valence-corrected chi connectivity index (χ1v) is 14.8. The fourth-order valence-corrected chi connectivity index (χ4v) is 3.29. The topological polar surface area (TPSA) is 20.2 Å². The minimum absolute atomic E-state index is 0.405. The summed E-state index contributed by atoms with van der Waals surface area (Å²) in [7, 11) is 6.20. The molecule has 0 bridgehead atoms. The van der Waals surface area contributed by atoms with Crippen LogP contribution < -0.4 is 0 Å². The molecule has 1 atom stereocenters. The van der Waals surface area contributed by atoms with Gasteiger partial charge in [0.2, 0.25) is 0 Å². The van der Waals surface area contributed by atoms with Crippen molar-refractivity contribution in [2.45, 2.75) is 29.3 Å². The van der Waals surface area contributed by atoms with E-state index in [9.17, 15) is 5.11 Å². The summed E-state index contributed by atoms with van der Waals surface area (Å²) in [6.07, 6.45) is 3.82. The van der Waals surface area contributed by atoms with Gasteiger partial charge < -0.3 is 0 Å². The van der Waals surface area contributed by atoms with E-state index >= 15 is 0 Å². The first-order chi connectivity index (χ1) is 5.38. The van der Waals surface area contributed by atoms with Crippen LogP contribution in [0.5, 0.6) is 0 Å². The Morgan fingerprint density at radius 3 is 2.50 bits per heavy atom. The Balaban J connectivity index is 4.02. The van der Waals surface area contributed by atoms with Gasteiger partial charge in [0.1, 0.15) is 0 Å². The number of aliphatic hydroxyl groups is 1. The van der Waals surface area contributed by atoms with Crippen molar-refractivity contribution in [1.82, 2.24) is 0 Å². The van der Waals surface area contributed by atoms with E-state index in [-0.39, 0.29) is 0 Å². The van der Waals surface area contributed by atoms with Crippen molar-refractivity contribution in [2.75, 3.05) is 0 Å². The van der Waals surface area contributed by atoms with Gasteiger partial charge in [0.05, 0.1) is 0 Å². The molecule has 12 heavy (non-hydrogen) atoms. The maximum atomic E-state index is 9.41. The third kappa shape index (κ3) is 5.22. The fourth-order valence-electron chi connectivity index (χ4n) is 0.785. The Morgan fingerprint density at radius 2 is 2.17 bits per heavy atom. The SMILES string of the molecule is C=[C](CC(O)/C=C/C)[Sn]([CH3])([CH3])[Cl]. The molecule has 0 rings (SSSR count). The van der Waals surface area contributed by atoms with Gasteiger partial charge in [-0.1, -0.05) is 0 Å². The predicted molar refractivity (Wildman–Crippen MR) is 57.9 cm³/mol. The van der Waals surface area contributed by atoms with Crippen LogP contribution in [0, 0.1) is 0 Å². The second kappa shape index (κ2) is 5.30. The molecular formula is C9H17ClOSn. The molecule has 0 aliphatic heterocycles. The molecule has 3 heteroatoms. The molecular weight excluding hydrogens is 278 g/mol. The van der Waals surface area contributed by atoms with Crippen LogP contribution >= 0.6 is 8.92 Å². The minimum atomic E-state index is -2.45. The van der Waals surface area contributed by atoms with Gasteiger partial charge in [0.15, 0.2) is 0 Å². The Morgan fingerprint density at radius 1 is 1.67 bits per heavy atom. The van der Waals surface area contributed by atoms with Gasteiger partial charge in [0.25, 0.3) is 0 Å². The van der Waals surface area contributed by atoms with Crippen LogP contribution in [-0.2, 0) is 0 Å². The number of aliphatic hydroxyl groups excluding tert-OH is 1. The van der Waals surface area contributed by atoms with E-state index in [1.807, 2.05) is 13.0 Å². The number of hydrogen-bond donors (Lipinski definition) is 1. The average Bonchev–Trinajstić information content (AvgIpc) is 1.85. The molecule has 0 saturated carbocycles. The molecule has 1 unspecified atom stereocenters. The van der Waals surface area contributed by atoms with E-state index in [4.69, 9.17) is 8.92 Å². The van der Waals surface area contributed by atoms with Gasteiger partial charge >= 0.3 is 82.9 Å². The first kappa shape index (κ1) is 12.5. The molecule has 1 nitrogen and oxygen atoms in total. The molecule has 0 spiro atoms. The molecule has 0 aromatic carbocycles. The summed E-state index contributed by atoms with van der Waals surface area (Å²) in [6, 6.07) is 0. The van der Waals surface area contributed by atoms with Gasteiger partial charge in [-0.25, -0.2) is 0 Å². The zero-order valence-electron chi connectivity index (χ0n) is 7.97. The van der Waals surface area contributed by atoms with Gasteiger partial charge in [-0.3, -0.25) is 0 Å². The Labute approximate surface area is 82.7 Å². The van der Waals surface area contributed by atoms with Crippen LogP contribution in [-0.4, -0.2) is 28.5 Å². The third-order valence-corrected chi connectivity index (χ3v) is 8.89. The predicted octanol–water partition coefficient (Wildman–Crippen LogP) is 2.85. The summed E-state index contributed by atoms with van der Waals surface area (Å²) < 4.78 is 1.07. The van der Waals surface area contributed by atoms with Crippen LogP contribution in [0.3, 0.4) is 0 Å². The quantitative estimate of drug-likeness (QED) is 0.624. The summed E-state index contributed by atoms with van der Waals surface area (Å²) in [5.74, 6) is 0. The van der Waals surface area contributed by atoms with E-state index in [0.717, 1.165) is 3.59 Å². The van der Waals surface area contributed by atoms with Crippen molar-refractivity contribution >= 4 is 26.2 Å². The van der Waals surface area contributed by atoms with Crippen LogP contribution in [0.2, 0.25) is 9.88 Å². The molecule has 0 aliphatic carbocycles. The molecule has 0 saturated heterocycles. The zero-order valence-corrected chi connectivity index (χ0v) is 11.6. The Bertz CT molecular complexity index is 181. The second-order valence-corrected chi connectivity index (χ2v) is 20.1. The van der Waals surface area contributed by atoms with E-state index in [1.165, 1.54) is 0 Å². The Kier molecular flexibility index (Phi) is 5.53. The number of halogens is 1. The summed E-state index contributed by atoms with van der Waals surface area (Å²) in [5, 5.41) is 9.41. The van der Waals surface area contributed by atoms with Crippen LogP contribution in [0.25, 0.3) is 0 Å². The molecule has 0 radical (unpaired) electrons. The monoisotopic (exact) mass is 296 g/mol. The fraction of sp³-hybridized carbons (Fsp3) is 0.556. The Hall–Kier alpha value is 0.529. The molecule has 1 N–H and O–H groups in total. The van der Waals surface area contributed by atoms with Crippen LogP contribution in [0.1, 0.15) is 13.3 Å². The normalized spacial score (nSPS) is 15.1. The van der Waals surface area contributed by atoms with E-state index < -0.39 is 23.4 Å². The summed E-state index contributed by atoms with van der Waals surface area (Å²) in [4.78, 5) is 4.17. The molecule has 70 valence electrons. The summed E-state index contributed by atoms with van der Waals surface area (Å²) >= 11 is -2.45. The standard InChI is InChI=1S/C7H11O.2CH3.ClH.Sn/c1-3-5-7(8)6-4-2;;;;/h4,6-8H,1,5H2,2H3;2*1H3;1H;/q;;;;+1/p-1/b6-4+;;;;. The molecule has 0 amide bonds. The van der Waals surface area contributed by atoms with E-state index in [2.05, 4.69) is 16.5 Å². The van der Waals surface area contributed by atoms with Crippen molar-refractivity contribution in [3.8, 4) is 0 Å². The molecule has 0 aliphatic rings. The van der Waals surface area contributed by atoms with Crippen molar-refractivity contribution < 1.29 is 5.11 Å². The second-order valence-electron chi connectivity index (χ2n) is 3.37. The van der Waals surface area contributed by atoms with Gasteiger partial charge in [0, 0.05) is 0 Å².